The van der Waals surface area contributed by atoms with Crippen LogP contribution in [0.2, 0.25) is 17.3 Å². The fourth-order valence-electron chi connectivity index (χ4n) is 6.80. The predicted molar refractivity (Wildman–Crippen MR) is 207 cm³/mol. The average Bonchev–Trinajstić information content (AvgIpc) is 3.67. The van der Waals surface area contributed by atoms with Crippen LogP contribution < -0.4 is 4.40 Å². The molecule has 8 rings (SSSR count). The number of benzene rings is 4. The van der Waals surface area contributed by atoms with Crippen LogP contribution in [0.5, 0.6) is 0 Å². The minimum Gasteiger partial charge on any atom is -0.486 e. The SMILES string of the molecule is CC(C)Cc1cc(-c2[c-]cccc2F)nc[c]1[Ge]([CH3])([CH3])[CH3].CC(C)n1c(-c2[c-]ccc3c2oc2ncccc23)nc2c3ccccc3ccc21.[Ir]. The second-order valence-corrected chi connectivity index (χ2v) is 25.1. The molecular formula is C43H41FGeIrN4O-2. The van der Waals surface area contributed by atoms with E-state index in [-0.39, 0.29) is 32.0 Å². The quantitative estimate of drug-likeness (QED) is 0.123. The molecule has 51 heavy (non-hydrogen) atoms. The first-order valence-corrected chi connectivity index (χ1v) is 24.6. The summed E-state index contributed by atoms with van der Waals surface area (Å²) in [5.41, 5.74) is 6.91. The van der Waals surface area contributed by atoms with Crippen molar-refractivity contribution in [3.63, 3.8) is 0 Å². The molecule has 0 unspecified atom stereocenters. The number of nitrogens with zero attached hydrogens (tertiary/aromatic N) is 4. The number of pyridine rings is 2. The Bertz CT molecular complexity index is 2500. The maximum atomic E-state index is 13.9. The van der Waals surface area contributed by atoms with E-state index in [1.54, 1.807) is 18.3 Å². The van der Waals surface area contributed by atoms with Crippen molar-refractivity contribution in [2.45, 2.75) is 57.4 Å². The number of aromatic nitrogens is 4. The Kier molecular flexibility index (Phi) is 10.6. The molecule has 0 aliphatic rings. The van der Waals surface area contributed by atoms with Crippen molar-refractivity contribution in [3.8, 4) is 22.6 Å². The molecule has 8 aromatic rings. The van der Waals surface area contributed by atoms with Crippen LogP contribution in [0.3, 0.4) is 0 Å². The van der Waals surface area contributed by atoms with Crippen LogP contribution in [0.4, 0.5) is 4.39 Å². The molecule has 4 aromatic heterocycles. The third-order valence-electron chi connectivity index (χ3n) is 9.02. The van der Waals surface area contributed by atoms with Crippen molar-refractivity contribution in [3.05, 3.63) is 121 Å². The van der Waals surface area contributed by atoms with E-state index in [2.05, 4.69) is 114 Å². The molecule has 0 amide bonds. The van der Waals surface area contributed by atoms with Crippen LogP contribution >= 0.6 is 0 Å². The Morgan fingerprint density at radius 1 is 0.824 bits per heavy atom. The smallest absolute Gasteiger partial charge is 0.216 e. The molecule has 0 aliphatic heterocycles. The van der Waals surface area contributed by atoms with Crippen LogP contribution in [0.15, 0.2) is 102 Å². The van der Waals surface area contributed by atoms with Crippen molar-refractivity contribution >= 4 is 61.5 Å². The van der Waals surface area contributed by atoms with E-state index in [0.29, 0.717) is 22.9 Å². The Hall–Kier alpha value is -4.17. The van der Waals surface area contributed by atoms with Crippen LogP contribution in [0, 0.1) is 23.9 Å². The van der Waals surface area contributed by atoms with Gasteiger partial charge in [0.25, 0.3) is 0 Å². The second-order valence-electron chi connectivity index (χ2n) is 14.6. The van der Waals surface area contributed by atoms with Gasteiger partial charge in [0.05, 0.1) is 22.4 Å². The van der Waals surface area contributed by atoms with E-state index in [0.717, 1.165) is 50.6 Å². The summed E-state index contributed by atoms with van der Waals surface area (Å²) in [6.45, 7) is 8.80. The van der Waals surface area contributed by atoms with Gasteiger partial charge in [-0.2, -0.15) is 0 Å². The summed E-state index contributed by atoms with van der Waals surface area (Å²) in [5, 5.41) is 4.39. The van der Waals surface area contributed by atoms with Gasteiger partial charge in [-0.15, -0.1) is 18.2 Å². The van der Waals surface area contributed by atoms with Gasteiger partial charge in [0.1, 0.15) is 0 Å². The predicted octanol–water partition coefficient (Wildman–Crippen LogP) is 11.0. The number of rotatable bonds is 6. The molecule has 4 aromatic carbocycles. The monoisotopic (exact) mass is 915 g/mol. The largest absolute Gasteiger partial charge is 0.486 e. The van der Waals surface area contributed by atoms with Gasteiger partial charge in [-0.05, 0) is 37.4 Å². The summed E-state index contributed by atoms with van der Waals surface area (Å²) >= 11 is -1.97. The topological polar surface area (TPSA) is 56.7 Å². The molecule has 0 atom stereocenters. The zero-order valence-corrected chi connectivity index (χ0v) is 34.5. The van der Waals surface area contributed by atoms with Crippen molar-refractivity contribution in [1.29, 1.82) is 0 Å². The number of hydrogen-bond donors (Lipinski definition) is 0. The van der Waals surface area contributed by atoms with Crippen LogP contribution in [-0.4, -0.2) is 32.8 Å². The zero-order valence-electron chi connectivity index (χ0n) is 30.0. The molecule has 1 radical (unpaired) electrons. The molecule has 0 fully saturated rings. The van der Waals surface area contributed by atoms with Crippen molar-refractivity contribution < 1.29 is 28.9 Å². The second kappa shape index (κ2) is 14.8. The average molecular weight is 914 g/mol. The Labute approximate surface area is 315 Å². The first kappa shape index (κ1) is 36.6. The van der Waals surface area contributed by atoms with E-state index < -0.39 is 13.3 Å². The van der Waals surface area contributed by atoms with Gasteiger partial charge in [-0.3, -0.25) is 4.98 Å². The van der Waals surface area contributed by atoms with Gasteiger partial charge in [-0.1, -0.05) is 41.3 Å². The van der Waals surface area contributed by atoms with Crippen molar-refractivity contribution in [2.75, 3.05) is 0 Å². The molecule has 261 valence electrons. The molecule has 0 aliphatic carbocycles. The first-order chi connectivity index (χ1) is 24.0. The van der Waals surface area contributed by atoms with Gasteiger partial charge in [-0.25, -0.2) is 4.98 Å². The Morgan fingerprint density at radius 2 is 1.59 bits per heavy atom. The van der Waals surface area contributed by atoms with E-state index in [9.17, 15) is 4.39 Å². The standard InChI is InChI=1S/C25H18N3O.C18H23FGeN.Ir/c1-15(2)28-21-13-12-16-7-3-4-8-17(16)22(21)27-24(28)20-10-5-9-18-19-11-6-14-26-25(19)29-23(18)20;1-13(2)10-14-11-18(15-8-6-7-9-16(15)19)21-12-17(14)20(3,4)5;/h3-9,11-15H,1-2H3;6-7,9,11-13H,10H2,1-5H3;/q2*-1;. The van der Waals surface area contributed by atoms with Gasteiger partial charge in [0.15, 0.2) is 0 Å². The summed E-state index contributed by atoms with van der Waals surface area (Å²) < 4.78 is 23.8. The molecular weight excluding hydrogens is 872 g/mol. The van der Waals surface area contributed by atoms with Crippen molar-refractivity contribution in [1.82, 2.24) is 19.5 Å². The minimum atomic E-state index is -1.97. The number of halogens is 1. The Morgan fingerprint density at radius 3 is 2.33 bits per heavy atom. The van der Waals surface area contributed by atoms with Gasteiger partial charge >= 0.3 is 130 Å². The number of fused-ring (bicyclic) bond motifs is 6. The van der Waals surface area contributed by atoms with E-state index in [4.69, 9.17) is 9.40 Å². The molecule has 0 spiro atoms. The number of imidazole rings is 1. The summed E-state index contributed by atoms with van der Waals surface area (Å²) in [6, 6.07) is 34.2. The first-order valence-electron chi connectivity index (χ1n) is 17.2. The molecule has 0 saturated heterocycles. The fourth-order valence-corrected chi connectivity index (χ4v) is 10.1. The third-order valence-corrected chi connectivity index (χ3v) is 13.4. The molecule has 8 heteroatoms. The number of hydrogen-bond acceptors (Lipinski definition) is 4. The summed E-state index contributed by atoms with van der Waals surface area (Å²) in [5.74, 6) is 8.30. The molecule has 4 heterocycles. The fraction of sp³-hybridized carbons (Fsp3) is 0.233. The van der Waals surface area contributed by atoms with E-state index >= 15 is 0 Å². The van der Waals surface area contributed by atoms with E-state index in [1.165, 1.54) is 21.4 Å². The van der Waals surface area contributed by atoms with Gasteiger partial charge in [0, 0.05) is 43.1 Å². The number of furan rings is 1. The van der Waals surface area contributed by atoms with Crippen LogP contribution in [0.1, 0.15) is 39.3 Å². The van der Waals surface area contributed by atoms with E-state index in [1.807, 2.05) is 30.5 Å². The molecule has 0 saturated carbocycles. The third kappa shape index (κ3) is 7.17. The summed E-state index contributed by atoms with van der Waals surface area (Å²) in [7, 11) is 0. The Balaban J connectivity index is 0.000000182. The summed E-state index contributed by atoms with van der Waals surface area (Å²) in [4.78, 5) is 14.0. The normalized spacial score (nSPS) is 11.8. The van der Waals surface area contributed by atoms with Crippen LogP contribution in [-0.2, 0) is 26.5 Å². The molecule has 5 nitrogen and oxygen atoms in total. The maximum Gasteiger partial charge on any atom is 0.216 e. The maximum absolute atomic E-state index is 13.9. The van der Waals surface area contributed by atoms with Crippen molar-refractivity contribution in [2.24, 2.45) is 5.92 Å². The van der Waals surface area contributed by atoms with Gasteiger partial charge < -0.3 is 8.98 Å². The zero-order chi connectivity index (χ0) is 35.2. The minimum absolute atomic E-state index is 0. The van der Waals surface area contributed by atoms with Gasteiger partial charge in [0.2, 0.25) is 5.71 Å². The summed E-state index contributed by atoms with van der Waals surface area (Å²) in [6.07, 6.45) is 4.75. The molecule has 0 N–H and O–H groups in total. The molecule has 0 bridgehead atoms. The van der Waals surface area contributed by atoms with Crippen LogP contribution in [0.25, 0.3) is 66.5 Å².